The number of hydrogen-bond donors (Lipinski definition) is 0. The lowest BCUT2D eigenvalue weighted by atomic mass is 10.2. The van der Waals surface area contributed by atoms with Crippen molar-refractivity contribution in [3.05, 3.63) is 71.4 Å². The van der Waals surface area contributed by atoms with Crippen molar-refractivity contribution < 1.29 is 4.79 Å². The van der Waals surface area contributed by atoms with E-state index >= 15 is 0 Å². The van der Waals surface area contributed by atoms with Crippen LogP contribution in [0.2, 0.25) is 0 Å². The van der Waals surface area contributed by atoms with Gasteiger partial charge >= 0.3 is 0 Å². The molecule has 0 N–H and O–H groups in total. The summed E-state index contributed by atoms with van der Waals surface area (Å²) in [5, 5.41) is 2.08. The predicted octanol–water partition coefficient (Wildman–Crippen LogP) is 3.91. The van der Waals surface area contributed by atoms with Crippen LogP contribution in [0.15, 0.2) is 60.3 Å². The second-order valence-electron chi connectivity index (χ2n) is 6.70. The number of rotatable bonds is 7. The first-order chi connectivity index (χ1) is 13.3. The summed E-state index contributed by atoms with van der Waals surface area (Å²) in [5.41, 5.74) is 2.48. The van der Waals surface area contributed by atoms with E-state index in [-0.39, 0.29) is 5.91 Å². The van der Waals surface area contributed by atoms with Crippen molar-refractivity contribution in [3.8, 4) is 0 Å². The molecule has 1 aliphatic heterocycles. The van der Waals surface area contributed by atoms with E-state index in [1.807, 2.05) is 35.5 Å². The van der Waals surface area contributed by atoms with Crippen LogP contribution < -0.4 is 0 Å². The normalized spacial score (nSPS) is 15.8. The maximum absolute atomic E-state index is 12.5. The third kappa shape index (κ3) is 6.85. The first-order valence-corrected chi connectivity index (χ1v) is 10.6. The molecule has 0 bridgehead atoms. The molecular formula is C22H27N3OS. The Labute approximate surface area is 166 Å². The molecule has 1 aliphatic rings. The zero-order valence-electron chi connectivity index (χ0n) is 15.7. The van der Waals surface area contributed by atoms with E-state index in [1.165, 1.54) is 11.1 Å². The molecule has 1 amide bonds. The van der Waals surface area contributed by atoms with Crippen molar-refractivity contribution in [3.63, 3.8) is 0 Å². The quantitative estimate of drug-likeness (QED) is 0.682. The zero-order chi connectivity index (χ0) is 18.7. The van der Waals surface area contributed by atoms with Gasteiger partial charge in [-0.15, -0.1) is 11.8 Å². The lowest BCUT2D eigenvalue weighted by molar-refractivity contribution is -0.130. The topological polar surface area (TPSA) is 36.4 Å². The molecule has 0 atom stereocenters. The van der Waals surface area contributed by atoms with Crippen molar-refractivity contribution >= 4 is 23.7 Å². The molecule has 142 valence electrons. The van der Waals surface area contributed by atoms with E-state index in [2.05, 4.69) is 45.6 Å². The molecule has 2 aromatic rings. The molecule has 0 unspecified atom stereocenters. The maximum atomic E-state index is 12.5. The highest BCUT2D eigenvalue weighted by atomic mass is 32.2. The van der Waals surface area contributed by atoms with Crippen molar-refractivity contribution in [1.29, 1.82) is 0 Å². The minimum atomic E-state index is 0.279. The summed E-state index contributed by atoms with van der Waals surface area (Å²) in [6.45, 7) is 4.62. The van der Waals surface area contributed by atoms with Gasteiger partial charge in [-0.05, 0) is 41.2 Å². The molecule has 3 rings (SSSR count). The number of benzene rings is 1. The average molecular weight is 382 g/mol. The Bertz CT molecular complexity index is 721. The Morgan fingerprint density at radius 3 is 2.67 bits per heavy atom. The van der Waals surface area contributed by atoms with Crippen LogP contribution in [0.5, 0.6) is 0 Å². The van der Waals surface area contributed by atoms with E-state index in [0.29, 0.717) is 6.42 Å². The Morgan fingerprint density at radius 2 is 1.85 bits per heavy atom. The van der Waals surface area contributed by atoms with Gasteiger partial charge in [0.2, 0.25) is 5.91 Å². The first-order valence-electron chi connectivity index (χ1n) is 9.53. The average Bonchev–Trinajstić information content (AvgIpc) is 2.95. The number of amides is 1. The van der Waals surface area contributed by atoms with Gasteiger partial charge in [0.25, 0.3) is 0 Å². The van der Waals surface area contributed by atoms with Gasteiger partial charge in [-0.3, -0.25) is 14.7 Å². The molecule has 2 heterocycles. The summed E-state index contributed by atoms with van der Waals surface area (Å²) in [4.78, 5) is 21.0. The number of nitrogens with zero attached hydrogens (tertiary/aromatic N) is 3. The minimum Gasteiger partial charge on any atom is -0.341 e. The number of hydrogen-bond acceptors (Lipinski definition) is 4. The van der Waals surface area contributed by atoms with Crippen LogP contribution >= 0.6 is 11.8 Å². The standard InChI is InChI=1S/C22H27N3OS/c26-22(10-18-27-17-9-20-5-2-1-3-6-20)25-14-4-13-24(15-16-25)19-21-7-11-23-12-8-21/h1-3,5-9,11-12,17H,4,10,13-16,18-19H2/b17-9-. The van der Waals surface area contributed by atoms with E-state index in [4.69, 9.17) is 0 Å². The van der Waals surface area contributed by atoms with Crippen LogP contribution in [-0.4, -0.2) is 52.6 Å². The van der Waals surface area contributed by atoms with E-state index in [0.717, 1.165) is 44.9 Å². The molecule has 0 aliphatic carbocycles. The summed E-state index contributed by atoms with van der Waals surface area (Å²) in [7, 11) is 0. The molecule has 0 radical (unpaired) electrons. The van der Waals surface area contributed by atoms with Gasteiger partial charge in [-0.2, -0.15) is 0 Å². The van der Waals surface area contributed by atoms with Gasteiger partial charge in [-0.1, -0.05) is 30.3 Å². The lowest BCUT2D eigenvalue weighted by Gasteiger charge is -2.22. The fourth-order valence-electron chi connectivity index (χ4n) is 3.19. The van der Waals surface area contributed by atoms with Crippen molar-refractivity contribution in [2.24, 2.45) is 0 Å². The van der Waals surface area contributed by atoms with Gasteiger partial charge in [0.1, 0.15) is 0 Å². The fourth-order valence-corrected chi connectivity index (χ4v) is 3.87. The number of aromatic nitrogens is 1. The number of pyridine rings is 1. The second kappa shape index (κ2) is 10.9. The summed E-state index contributed by atoms with van der Waals surface area (Å²) in [6.07, 6.45) is 7.42. The minimum absolute atomic E-state index is 0.279. The van der Waals surface area contributed by atoms with Gasteiger partial charge in [0.05, 0.1) is 0 Å². The molecule has 1 fully saturated rings. The molecule has 1 aromatic heterocycles. The van der Waals surface area contributed by atoms with Gasteiger partial charge in [-0.25, -0.2) is 0 Å². The molecular weight excluding hydrogens is 354 g/mol. The highest BCUT2D eigenvalue weighted by Gasteiger charge is 2.18. The van der Waals surface area contributed by atoms with E-state index in [9.17, 15) is 4.79 Å². The fraction of sp³-hybridized carbons (Fsp3) is 0.364. The SMILES string of the molecule is O=C(CCS/C=C\c1ccccc1)N1CCCN(Cc2ccncc2)CC1. The van der Waals surface area contributed by atoms with Crippen LogP contribution in [0, 0.1) is 0 Å². The Hall–Kier alpha value is -2.11. The van der Waals surface area contributed by atoms with E-state index < -0.39 is 0 Å². The third-order valence-electron chi connectivity index (χ3n) is 4.69. The summed E-state index contributed by atoms with van der Waals surface area (Å²) >= 11 is 1.70. The van der Waals surface area contributed by atoms with Gasteiger partial charge < -0.3 is 4.90 Å². The zero-order valence-corrected chi connectivity index (χ0v) is 16.5. The second-order valence-corrected chi connectivity index (χ2v) is 7.71. The van der Waals surface area contributed by atoms with Crippen LogP contribution in [0.3, 0.4) is 0 Å². The highest BCUT2D eigenvalue weighted by molar-refractivity contribution is 8.02. The van der Waals surface area contributed by atoms with Crippen molar-refractivity contribution in [2.75, 3.05) is 31.9 Å². The van der Waals surface area contributed by atoms with Crippen LogP contribution in [0.1, 0.15) is 24.0 Å². The number of thioether (sulfide) groups is 1. The van der Waals surface area contributed by atoms with Crippen molar-refractivity contribution in [1.82, 2.24) is 14.8 Å². The summed E-state index contributed by atoms with van der Waals surface area (Å²) in [6, 6.07) is 14.4. The Morgan fingerprint density at radius 1 is 1.04 bits per heavy atom. The molecule has 27 heavy (non-hydrogen) atoms. The highest BCUT2D eigenvalue weighted by Crippen LogP contribution is 2.13. The lowest BCUT2D eigenvalue weighted by Crippen LogP contribution is -2.35. The van der Waals surface area contributed by atoms with Gasteiger partial charge in [0, 0.05) is 57.3 Å². The number of carbonyl (C=O) groups is 1. The predicted molar refractivity (Wildman–Crippen MR) is 113 cm³/mol. The smallest absolute Gasteiger partial charge is 0.223 e. The molecule has 0 saturated carbocycles. The molecule has 4 nitrogen and oxygen atoms in total. The first kappa shape index (κ1) is 19.6. The molecule has 0 spiro atoms. The Kier molecular flexibility index (Phi) is 7.93. The van der Waals surface area contributed by atoms with Crippen LogP contribution in [-0.2, 0) is 11.3 Å². The summed E-state index contributed by atoms with van der Waals surface area (Å²) < 4.78 is 0. The number of carbonyl (C=O) groups excluding carboxylic acids is 1. The largest absolute Gasteiger partial charge is 0.341 e. The molecule has 1 saturated heterocycles. The van der Waals surface area contributed by atoms with Gasteiger partial charge in [0.15, 0.2) is 0 Å². The molecule has 1 aromatic carbocycles. The van der Waals surface area contributed by atoms with Crippen LogP contribution in [0.4, 0.5) is 0 Å². The summed E-state index contributed by atoms with van der Waals surface area (Å²) in [5.74, 6) is 1.11. The van der Waals surface area contributed by atoms with Crippen LogP contribution in [0.25, 0.3) is 6.08 Å². The third-order valence-corrected chi connectivity index (χ3v) is 5.46. The molecule has 5 heteroatoms. The Balaban J connectivity index is 1.37. The monoisotopic (exact) mass is 381 g/mol. The van der Waals surface area contributed by atoms with Crippen molar-refractivity contribution in [2.45, 2.75) is 19.4 Å². The van der Waals surface area contributed by atoms with E-state index in [1.54, 1.807) is 11.8 Å². The maximum Gasteiger partial charge on any atom is 0.223 e.